The van der Waals surface area contributed by atoms with Crippen LogP contribution in [-0.4, -0.2) is 23.9 Å². The van der Waals surface area contributed by atoms with Crippen molar-refractivity contribution < 1.29 is 4.79 Å². The minimum absolute atomic E-state index is 0.0265. The first-order chi connectivity index (χ1) is 11.1. The quantitative estimate of drug-likeness (QED) is 0.854. The van der Waals surface area contributed by atoms with Gasteiger partial charge < -0.3 is 11.1 Å². The highest BCUT2D eigenvalue weighted by Gasteiger charge is 2.28. The van der Waals surface area contributed by atoms with Crippen molar-refractivity contribution in [2.45, 2.75) is 19.9 Å². The molecule has 0 aliphatic carbocycles. The summed E-state index contributed by atoms with van der Waals surface area (Å²) >= 11 is 0. The van der Waals surface area contributed by atoms with Gasteiger partial charge in [-0.3, -0.25) is 9.69 Å². The Bertz CT molecular complexity index is 684. The summed E-state index contributed by atoms with van der Waals surface area (Å²) in [7, 11) is 0. The lowest BCUT2D eigenvalue weighted by molar-refractivity contribution is -0.119. The lowest BCUT2D eigenvalue weighted by Crippen LogP contribution is -2.27. The predicted molar refractivity (Wildman–Crippen MR) is 94.0 cm³/mol. The number of aryl methyl sites for hydroxylation is 1. The molecule has 3 rings (SSSR count). The van der Waals surface area contributed by atoms with Crippen LogP contribution in [0, 0.1) is 12.8 Å². The number of carbonyl (C=O) groups excluding carboxylic acids is 1. The molecule has 0 bridgehead atoms. The fourth-order valence-corrected chi connectivity index (χ4v) is 3.05. The van der Waals surface area contributed by atoms with E-state index in [0.29, 0.717) is 5.69 Å². The Hall–Kier alpha value is -2.33. The predicted octanol–water partition coefficient (Wildman–Crippen LogP) is 3.04. The van der Waals surface area contributed by atoms with Gasteiger partial charge in [-0.1, -0.05) is 36.4 Å². The van der Waals surface area contributed by atoms with Gasteiger partial charge >= 0.3 is 0 Å². The molecule has 0 saturated carbocycles. The van der Waals surface area contributed by atoms with Gasteiger partial charge in [-0.15, -0.1) is 0 Å². The number of hydrogen-bond donors (Lipinski definition) is 2. The van der Waals surface area contributed by atoms with Gasteiger partial charge in [0.1, 0.15) is 0 Å². The fraction of sp³-hybridized carbons (Fsp3) is 0.316. The number of nitrogens with two attached hydrogens (primary N) is 1. The van der Waals surface area contributed by atoms with E-state index in [4.69, 9.17) is 5.73 Å². The molecule has 4 nitrogen and oxygen atoms in total. The molecule has 1 unspecified atom stereocenters. The van der Waals surface area contributed by atoms with Crippen molar-refractivity contribution in [3.63, 3.8) is 0 Å². The molecule has 1 fully saturated rings. The summed E-state index contributed by atoms with van der Waals surface area (Å²) in [5.74, 6) is 0.0940. The van der Waals surface area contributed by atoms with Crippen molar-refractivity contribution in [1.29, 1.82) is 0 Å². The van der Waals surface area contributed by atoms with Crippen LogP contribution in [-0.2, 0) is 11.3 Å². The summed E-state index contributed by atoms with van der Waals surface area (Å²) in [5.41, 5.74) is 9.65. The summed E-state index contributed by atoms with van der Waals surface area (Å²) in [6.07, 6.45) is 0.893. The molecule has 1 atom stereocenters. The monoisotopic (exact) mass is 309 g/mol. The molecule has 2 aromatic carbocycles. The third-order valence-corrected chi connectivity index (χ3v) is 4.36. The van der Waals surface area contributed by atoms with E-state index in [1.165, 1.54) is 5.56 Å². The Morgan fingerprint density at radius 2 is 2.04 bits per heavy atom. The number of carbonyl (C=O) groups is 1. The number of nitrogens with one attached hydrogen (secondary N) is 1. The number of nitrogen functional groups attached to an aromatic ring is 1. The molecule has 3 N–H and O–H groups in total. The molecular weight excluding hydrogens is 286 g/mol. The Morgan fingerprint density at radius 3 is 2.83 bits per heavy atom. The maximum atomic E-state index is 12.5. The van der Waals surface area contributed by atoms with Crippen molar-refractivity contribution in [2.24, 2.45) is 5.92 Å². The van der Waals surface area contributed by atoms with Gasteiger partial charge in [-0.05, 0) is 43.1 Å². The zero-order valence-electron chi connectivity index (χ0n) is 13.5. The van der Waals surface area contributed by atoms with E-state index < -0.39 is 0 Å². The van der Waals surface area contributed by atoms with E-state index in [-0.39, 0.29) is 11.8 Å². The third-order valence-electron chi connectivity index (χ3n) is 4.36. The van der Waals surface area contributed by atoms with E-state index in [9.17, 15) is 4.79 Å². The molecule has 23 heavy (non-hydrogen) atoms. The normalized spacial score (nSPS) is 18.0. The summed E-state index contributed by atoms with van der Waals surface area (Å²) in [6.45, 7) is 4.65. The number of anilines is 2. The fourth-order valence-electron chi connectivity index (χ4n) is 3.05. The van der Waals surface area contributed by atoms with E-state index in [1.807, 2.05) is 31.2 Å². The lowest BCUT2D eigenvalue weighted by atomic mass is 10.1. The van der Waals surface area contributed by atoms with Crippen molar-refractivity contribution >= 4 is 17.3 Å². The number of nitrogens with zero attached hydrogens (tertiary/aromatic N) is 1. The molecule has 120 valence electrons. The van der Waals surface area contributed by atoms with Crippen LogP contribution in [0.15, 0.2) is 48.5 Å². The third kappa shape index (κ3) is 3.90. The number of hydrogen-bond acceptors (Lipinski definition) is 3. The molecule has 1 aliphatic rings. The first-order valence-corrected chi connectivity index (χ1v) is 8.05. The highest BCUT2D eigenvalue weighted by Crippen LogP contribution is 2.24. The highest BCUT2D eigenvalue weighted by molar-refractivity contribution is 5.95. The van der Waals surface area contributed by atoms with Crippen LogP contribution in [0.4, 0.5) is 11.4 Å². The van der Waals surface area contributed by atoms with Crippen LogP contribution in [0.2, 0.25) is 0 Å². The van der Waals surface area contributed by atoms with Gasteiger partial charge in [0.05, 0.1) is 17.3 Å². The van der Waals surface area contributed by atoms with Crippen LogP contribution in [0.5, 0.6) is 0 Å². The zero-order chi connectivity index (χ0) is 16.2. The molecule has 1 heterocycles. The second kappa shape index (κ2) is 6.84. The molecule has 2 aromatic rings. The summed E-state index contributed by atoms with van der Waals surface area (Å²) in [5, 5.41) is 2.99. The molecule has 4 heteroatoms. The van der Waals surface area contributed by atoms with E-state index in [1.54, 1.807) is 0 Å². The Kier molecular flexibility index (Phi) is 4.63. The SMILES string of the molecule is Cc1ccc(N)c(NC(=O)C2CCN(Cc3ccccc3)C2)c1. The molecule has 0 spiro atoms. The second-order valence-electron chi connectivity index (χ2n) is 6.29. The van der Waals surface area contributed by atoms with Crippen LogP contribution < -0.4 is 11.1 Å². The summed E-state index contributed by atoms with van der Waals surface area (Å²) in [6, 6.07) is 16.1. The van der Waals surface area contributed by atoms with Gasteiger partial charge in [0.25, 0.3) is 0 Å². The van der Waals surface area contributed by atoms with Crippen molar-refractivity contribution in [1.82, 2.24) is 4.90 Å². The standard InChI is InChI=1S/C19H23N3O/c1-14-7-8-17(20)18(11-14)21-19(23)16-9-10-22(13-16)12-15-5-3-2-4-6-15/h2-8,11,16H,9-10,12-13,20H2,1H3,(H,21,23). The average molecular weight is 309 g/mol. The maximum absolute atomic E-state index is 12.5. The smallest absolute Gasteiger partial charge is 0.228 e. The lowest BCUT2D eigenvalue weighted by Gasteiger charge is -2.16. The van der Waals surface area contributed by atoms with Crippen LogP contribution in [0.3, 0.4) is 0 Å². The van der Waals surface area contributed by atoms with Gasteiger partial charge in [0, 0.05) is 13.1 Å². The summed E-state index contributed by atoms with van der Waals surface area (Å²) in [4.78, 5) is 14.8. The van der Waals surface area contributed by atoms with Gasteiger partial charge in [-0.25, -0.2) is 0 Å². The minimum Gasteiger partial charge on any atom is -0.397 e. The number of amides is 1. The largest absolute Gasteiger partial charge is 0.397 e. The van der Waals surface area contributed by atoms with Crippen molar-refractivity contribution in [3.05, 3.63) is 59.7 Å². The minimum atomic E-state index is 0.0265. The molecule has 1 aliphatic heterocycles. The van der Waals surface area contributed by atoms with Crippen LogP contribution >= 0.6 is 0 Å². The van der Waals surface area contributed by atoms with E-state index in [2.05, 4.69) is 34.5 Å². The average Bonchev–Trinajstić information content (AvgIpc) is 3.00. The van der Waals surface area contributed by atoms with Crippen LogP contribution in [0.25, 0.3) is 0 Å². The van der Waals surface area contributed by atoms with Gasteiger partial charge in [-0.2, -0.15) is 0 Å². The van der Waals surface area contributed by atoms with E-state index >= 15 is 0 Å². The van der Waals surface area contributed by atoms with Crippen molar-refractivity contribution in [2.75, 3.05) is 24.1 Å². The Balaban J connectivity index is 1.58. The molecule has 0 radical (unpaired) electrons. The molecule has 1 saturated heterocycles. The summed E-state index contributed by atoms with van der Waals surface area (Å²) < 4.78 is 0. The maximum Gasteiger partial charge on any atom is 0.228 e. The number of rotatable bonds is 4. The first kappa shape index (κ1) is 15.6. The second-order valence-corrected chi connectivity index (χ2v) is 6.29. The molecular formula is C19H23N3O. The van der Waals surface area contributed by atoms with Gasteiger partial charge in [0.2, 0.25) is 5.91 Å². The molecule has 1 amide bonds. The van der Waals surface area contributed by atoms with Gasteiger partial charge in [0.15, 0.2) is 0 Å². The first-order valence-electron chi connectivity index (χ1n) is 8.05. The zero-order valence-corrected chi connectivity index (χ0v) is 13.5. The topological polar surface area (TPSA) is 58.4 Å². The number of likely N-dealkylation sites (tertiary alicyclic amines) is 1. The van der Waals surface area contributed by atoms with Crippen LogP contribution in [0.1, 0.15) is 17.5 Å². The Labute approximate surface area is 137 Å². The highest BCUT2D eigenvalue weighted by atomic mass is 16.1. The van der Waals surface area contributed by atoms with Crippen molar-refractivity contribution in [3.8, 4) is 0 Å². The molecule has 0 aromatic heterocycles. The number of benzene rings is 2. The van der Waals surface area contributed by atoms with E-state index in [0.717, 1.165) is 37.3 Å². The Morgan fingerprint density at radius 1 is 1.26 bits per heavy atom.